The summed E-state index contributed by atoms with van der Waals surface area (Å²) < 4.78 is 7.24. The number of nitrogens with two attached hydrogens (primary N) is 1. The highest BCUT2D eigenvalue weighted by Gasteiger charge is 2.19. The largest absolute Gasteiger partial charge is 0.366 e. The highest BCUT2D eigenvalue weighted by molar-refractivity contribution is 7.13. The predicted octanol–water partition coefficient (Wildman–Crippen LogP) is 3.72. The molecular formula is C19H16N4O2S. The lowest BCUT2D eigenvalue weighted by atomic mass is 10.2. The minimum Gasteiger partial charge on any atom is -0.366 e. The van der Waals surface area contributed by atoms with E-state index in [1.54, 1.807) is 18.3 Å². The minimum atomic E-state index is -0.443. The molecule has 0 unspecified atom stereocenters. The molecule has 0 aliphatic rings. The molecule has 3 aromatic heterocycles. The Morgan fingerprint density at radius 2 is 2.08 bits per heavy atom. The van der Waals surface area contributed by atoms with Crippen LogP contribution in [0.1, 0.15) is 21.6 Å². The van der Waals surface area contributed by atoms with E-state index in [-0.39, 0.29) is 0 Å². The van der Waals surface area contributed by atoms with Crippen molar-refractivity contribution in [1.29, 1.82) is 0 Å². The predicted molar refractivity (Wildman–Crippen MR) is 99.8 cm³/mol. The van der Waals surface area contributed by atoms with E-state index in [9.17, 15) is 4.79 Å². The van der Waals surface area contributed by atoms with Crippen LogP contribution in [-0.2, 0) is 6.54 Å². The lowest BCUT2D eigenvalue weighted by Gasteiger charge is -2.11. The van der Waals surface area contributed by atoms with Crippen LogP contribution in [0.25, 0.3) is 22.2 Å². The van der Waals surface area contributed by atoms with Gasteiger partial charge in [-0.2, -0.15) is 0 Å². The van der Waals surface area contributed by atoms with Crippen LogP contribution in [0, 0.1) is 6.92 Å². The number of benzene rings is 1. The topological polar surface area (TPSA) is 86.9 Å². The lowest BCUT2D eigenvalue weighted by molar-refractivity contribution is 0.0999. The van der Waals surface area contributed by atoms with E-state index in [2.05, 4.69) is 14.7 Å². The molecule has 130 valence electrons. The van der Waals surface area contributed by atoms with Gasteiger partial charge < -0.3 is 14.8 Å². The Hall–Kier alpha value is -3.19. The first-order chi connectivity index (χ1) is 12.6. The summed E-state index contributed by atoms with van der Waals surface area (Å²) in [7, 11) is 0. The number of primary amides is 1. The van der Waals surface area contributed by atoms with Crippen LogP contribution in [0.3, 0.4) is 0 Å². The van der Waals surface area contributed by atoms with Gasteiger partial charge >= 0.3 is 0 Å². The number of rotatable bonds is 5. The Kier molecular flexibility index (Phi) is 4.14. The van der Waals surface area contributed by atoms with Gasteiger partial charge in [-0.15, -0.1) is 11.3 Å². The summed E-state index contributed by atoms with van der Waals surface area (Å²) in [6.07, 6.45) is 1.59. The summed E-state index contributed by atoms with van der Waals surface area (Å²) in [5.41, 5.74) is 9.64. The van der Waals surface area contributed by atoms with Crippen LogP contribution in [-0.4, -0.2) is 20.6 Å². The molecule has 4 rings (SSSR count). The maximum Gasteiger partial charge on any atom is 0.250 e. The molecule has 0 saturated carbocycles. The standard InChI is InChI=1S/C19H16N4O2S/c1-12-14(18(20)24)9-16(23(12)10-13-5-3-2-4-6-13)15-11-26-19(22-15)17-7-8-21-25-17/h2-9,11H,10H2,1H3,(H2,20,24). The van der Waals surface area contributed by atoms with Crippen LogP contribution in [0.4, 0.5) is 0 Å². The number of carbonyl (C=O) groups excluding carboxylic acids is 1. The number of aromatic nitrogens is 3. The fraction of sp³-hybridized carbons (Fsp3) is 0.105. The molecule has 26 heavy (non-hydrogen) atoms. The Balaban J connectivity index is 1.80. The van der Waals surface area contributed by atoms with Crippen LogP contribution >= 0.6 is 11.3 Å². The van der Waals surface area contributed by atoms with Crippen LogP contribution in [0.2, 0.25) is 0 Å². The molecule has 1 amide bonds. The smallest absolute Gasteiger partial charge is 0.250 e. The Morgan fingerprint density at radius 3 is 2.77 bits per heavy atom. The molecule has 0 radical (unpaired) electrons. The molecule has 3 heterocycles. The maximum absolute atomic E-state index is 11.8. The first kappa shape index (κ1) is 16.3. The second kappa shape index (κ2) is 6.61. The number of amides is 1. The summed E-state index contributed by atoms with van der Waals surface area (Å²) in [6, 6.07) is 13.6. The summed E-state index contributed by atoms with van der Waals surface area (Å²) in [5, 5.41) is 6.40. The van der Waals surface area contributed by atoms with Gasteiger partial charge in [-0.25, -0.2) is 4.98 Å². The monoisotopic (exact) mass is 364 g/mol. The van der Waals surface area contributed by atoms with E-state index in [1.807, 2.05) is 42.6 Å². The van der Waals surface area contributed by atoms with E-state index < -0.39 is 5.91 Å². The van der Waals surface area contributed by atoms with Crippen molar-refractivity contribution >= 4 is 17.2 Å². The van der Waals surface area contributed by atoms with E-state index in [0.29, 0.717) is 17.9 Å². The van der Waals surface area contributed by atoms with Crippen LogP contribution in [0.5, 0.6) is 0 Å². The number of carbonyl (C=O) groups is 1. The molecule has 7 heteroatoms. The van der Waals surface area contributed by atoms with E-state index >= 15 is 0 Å². The average Bonchev–Trinajstić information content (AvgIpc) is 3.36. The van der Waals surface area contributed by atoms with Crippen molar-refractivity contribution in [1.82, 2.24) is 14.7 Å². The van der Waals surface area contributed by atoms with E-state index in [1.165, 1.54) is 11.3 Å². The molecule has 0 saturated heterocycles. The molecule has 0 aliphatic carbocycles. The van der Waals surface area contributed by atoms with E-state index in [0.717, 1.165) is 27.7 Å². The van der Waals surface area contributed by atoms with Crippen LogP contribution in [0.15, 0.2) is 58.6 Å². The number of hydrogen-bond donors (Lipinski definition) is 1. The Morgan fingerprint density at radius 1 is 1.27 bits per heavy atom. The minimum absolute atomic E-state index is 0.443. The molecule has 0 atom stereocenters. The van der Waals surface area contributed by atoms with Gasteiger partial charge in [-0.1, -0.05) is 35.5 Å². The second-order valence-electron chi connectivity index (χ2n) is 5.88. The van der Waals surface area contributed by atoms with Crippen molar-refractivity contribution in [3.05, 3.63) is 70.9 Å². The van der Waals surface area contributed by atoms with Gasteiger partial charge in [-0.05, 0) is 18.6 Å². The van der Waals surface area contributed by atoms with Crippen molar-refractivity contribution in [2.45, 2.75) is 13.5 Å². The first-order valence-corrected chi connectivity index (χ1v) is 8.92. The molecule has 2 N–H and O–H groups in total. The van der Waals surface area contributed by atoms with Gasteiger partial charge in [0.1, 0.15) is 0 Å². The van der Waals surface area contributed by atoms with E-state index in [4.69, 9.17) is 10.3 Å². The zero-order valence-corrected chi connectivity index (χ0v) is 14.9. The number of hydrogen-bond acceptors (Lipinski definition) is 5. The Bertz CT molecular complexity index is 1050. The lowest BCUT2D eigenvalue weighted by Crippen LogP contribution is -2.12. The molecule has 0 bridgehead atoms. The summed E-state index contributed by atoms with van der Waals surface area (Å²) >= 11 is 1.47. The molecule has 0 aliphatic heterocycles. The molecular weight excluding hydrogens is 348 g/mol. The van der Waals surface area contributed by atoms with Crippen molar-refractivity contribution in [2.75, 3.05) is 0 Å². The zero-order chi connectivity index (χ0) is 18.1. The van der Waals surface area contributed by atoms with Crippen molar-refractivity contribution in [3.8, 4) is 22.2 Å². The van der Waals surface area contributed by atoms with Gasteiger partial charge in [0.2, 0.25) is 0 Å². The first-order valence-electron chi connectivity index (χ1n) is 8.04. The quantitative estimate of drug-likeness (QED) is 0.585. The average molecular weight is 364 g/mol. The molecule has 6 nitrogen and oxygen atoms in total. The summed E-state index contributed by atoms with van der Waals surface area (Å²) in [4.78, 5) is 16.5. The van der Waals surface area contributed by atoms with Crippen molar-refractivity contribution in [3.63, 3.8) is 0 Å². The van der Waals surface area contributed by atoms with Gasteiger partial charge in [0.25, 0.3) is 5.91 Å². The Labute approximate surface area is 153 Å². The number of nitrogens with zero attached hydrogens (tertiary/aromatic N) is 3. The van der Waals surface area contributed by atoms with Crippen molar-refractivity contribution < 1.29 is 9.32 Å². The third kappa shape index (κ3) is 2.93. The van der Waals surface area contributed by atoms with Gasteiger partial charge in [0.05, 0.1) is 23.1 Å². The molecule has 4 aromatic rings. The SMILES string of the molecule is Cc1c(C(N)=O)cc(-c2csc(-c3ccno3)n2)n1Cc1ccccc1. The molecule has 1 aromatic carbocycles. The van der Waals surface area contributed by atoms with Crippen LogP contribution < -0.4 is 5.73 Å². The second-order valence-corrected chi connectivity index (χ2v) is 6.74. The maximum atomic E-state index is 11.8. The fourth-order valence-corrected chi connectivity index (χ4v) is 3.68. The van der Waals surface area contributed by atoms with Gasteiger partial charge in [0.15, 0.2) is 10.8 Å². The van der Waals surface area contributed by atoms with Gasteiger partial charge in [-0.3, -0.25) is 4.79 Å². The van der Waals surface area contributed by atoms with Crippen molar-refractivity contribution in [2.24, 2.45) is 5.73 Å². The van der Waals surface area contributed by atoms with Gasteiger partial charge in [0, 0.05) is 23.7 Å². The highest BCUT2D eigenvalue weighted by Crippen LogP contribution is 2.31. The summed E-state index contributed by atoms with van der Waals surface area (Å²) in [6.45, 7) is 2.53. The normalized spacial score (nSPS) is 11.0. The highest BCUT2D eigenvalue weighted by atomic mass is 32.1. The number of thiazole rings is 1. The summed E-state index contributed by atoms with van der Waals surface area (Å²) in [5.74, 6) is 0.176. The fourth-order valence-electron chi connectivity index (χ4n) is 2.91. The third-order valence-electron chi connectivity index (χ3n) is 4.23. The molecule has 0 spiro atoms. The zero-order valence-electron chi connectivity index (χ0n) is 14.0. The molecule has 0 fully saturated rings. The third-order valence-corrected chi connectivity index (χ3v) is 5.09.